The van der Waals surface area contributed by atoms with E-state index >= 15 is 0 Å². The number of unbranched alkanes of at least 4 members (excludes halogenated alkanes) is 8. The van der Waals surface area contributed by atoms with Crippen LogP contribution in [0.1, 0.15) is 71.1 Å². The Labute approximate surface area is 195 Å². The summed E-state index contributed by atoms with van der Waals surface area (Å²) < 4.78 is -1.68. The minimum atomic E-state index is -1.68. The number of rotatable bonds is 13. The van der Waals surface area contributed by atoms with Gasteiger partial charge in [-0.05, 0) is 17.9 Å². The summed E-state index contributed by atoms with van der Waals surface area (Å²) in [5.74, 6) is -0.109. The zero-order valence-electron chi connectivity index (χ0n) is 17.7. The second-order valence-corrected chi connectivity index (χ2v) is 10.2. The van der Waals surface area contributed by atoms with Crippen LogP contribution < -0.4 is 10.6 Å². The standard InChI is InChI=1S/C24H33Cl3N2O/c1-2-3-4-5-6-7-8-9-10-18-22(30)29-23(24(25,26)27)28-21-17-13-15-19-14-11-12-16-20(19)21/h11-17,23,28H,2-10,18H2,1H3,(H,29,30)/t23-/m0/s1. The zero-order chi connectivity index (χ0) is 21.8. The van der Waals surface area contributed by atoms with Crippen LogP contribution in [0.4, 0.5) is 5.69 Å². The molecule has 0 fully saturated rings. The van der Waals surface area contributed by atoms with E-state index in [2.05, 4.69) is 17.6 Å². The summed E-state index contributed by atoms with van der Waals surface area (Å²) in [6.07, 6.45) is 10.5. The lowest BCUT2D eigenvalue weighted by molar-refractivity contribution is -0.121. The number of benzene rings is 2. The summed E-state index contributed by atoms with van der Waals surface area (Å²) in [6, 6.07) is 13.8. The van der Waals surface area contributed by atoms with Gasteiger partial charge < -0.3 is 10.6 Å². The number of nitrogens with one attached hydrogen (secondary N) is 2. The van der Waals surface area contributed by atoms with Crippen molar-refractivity contribution in [1.82, 2.24) is 5.32 Å². The van der Waals surface area contributed by atoms with Crippen molar-refractivity contribution in [3.63, 3.8) is 0 Å². The third kappa shape index (κ3) is 8.91. The largest absolute Gasteiger partial charge is 0.361 e. The van der Waals surface area contributed by atoms with Crippen LogP contribution in [0.25, 0.3) is 10.8 Å². The van der Waals surface area contributed by atoms with Crippen molar-refractivity contribution in [2.24, 2.45) is 0 Å². The van der Waals surface area contributed by atoms with Gasteiger partial charge in [0, 0.05) is 17.5 Å². The molecule has 0 spiro atoms. The van der Waals surface area contributed by atoms with Crippen LogP contribution in [0.5, 0.6) is 0 Å². The third-order valence-electron chi connectivity index (χ3n) is 5.23. The van der Waals surface area contributed by atoms with Gasteiger partial charge in [-0.1, -0.05) is 129 Å². The smallest absolute Gasteiger partial charge is 0.228 e. The summed E-state index contributed by atoms with van der Waals surface area (Å²) in [7, 11) is 0. The Morgan fingerprint density at radius 3 is 2.13 bits per heavy atom. The van der Waals surface area contributed by atoms with Crippen molar-refractivity contribution in [2.75, 3.05) is 5.32 Å². The molecule has 0 bridgehead atoms. The van der Waals surface area contributed by atoms with Gasteiger partial charge >= 0.3 is 0 Å². The molecule has 2 aromatic carbocycles. The number of fused-ring (bicyclic) bond motifs is 1. The molecule has 2 N–H and O–H groups in total. The number of halogens is 3. The van der Waals surface area contributed by atoms with E-state index in [1.807, 2.05) is 42.5 Å². The van der Waals surface area contributed by atoms with Gasteiger partial charge in [0.15, 0.2) is 0 Å². The Morgan fingerprint density at radius 1 is 0.867 bits per heavy atom. The van der Waals surface area contributed by atoms with E-state index in [9.17, 15) is 4.79 Å². The first-order valence-electron chi connectivity index (χ1n) is 11.0. The topological polar surface area (TPSA) is 41.1 Å². The molecule has 0 unspecified atom stereocenters. The van der Waals surface area contributed by atoms with Crippen LogP contribution in [0.15, 0.2) is 42.5 Å². The molecule has 30 heavy (non-hydrogen) atoms. The molecule has 166 valence electrons. The Hall–Kier alpha value is -1.16. The number of carbonyl (C=O) groups excluding carboxylic acids is 1. The molecular weight excluding hydrogens is 439 g/mol. The predicted octanol–water partition coefficient (Wildman–Crippen LogP) is 7.99. The summed E-state index contributed by atoms with van der Waals surface area (Å²) in [5, 5.41) is 8.13. The first kappa shape index (κ1) is 25.1. The molecule has 2 rings (SSSR count). The quantitative estimate of drug-likeness (QED) is 0.176. The number of carbonyl (C=O) groups is 1. The van der Waals surface area contributed by atoms with Crippen molar-refractivity contribution in [1.29, 1.82) is 0 Å². The molecule has 0 aromatic heterocycles. The van der Waals surface area contributed by atoms with Gasteiger partial charge in [0.25, 0.3) is 0 Å². The summed E-state index contributed by atoms with van der Waals surface area (Å²) >= 11 is 18.5. The molecule has 0 radical (unpaired) electrons. The van der Waals surface area contributed by atoms with E-state index in [1.54, 1.807) is 0 Å². The Morgan fingerprint density at radius 2 is 1.47 bits per heavy atom. The first-order valence-corrected chi connectivity index (χ1v) is 12.2. The minimum absolute atomic E-state index is 0.109. The first-order chi connectivity index (χ1) is 14.4. The zero-order valence-corrected chi connectivity index (χ0v) is 20.0. The van der Waals surface area contributed by atoms with Crippen molar-refractivity contribution in [3.05, 3.63) is 42.5 Å². The molecule has 0 aliphatic heterocycles. The van der Waals surface area contributed by atoms with Gasteiger partial charge in [-0.15, -0.1) is 0 Å². The van der Waals surface area contributed by atoms with Crippen molar-refractivity contribution in [2.45, 2.75) is 81.1 Å². The highest BCUT2D eigenvalue weighted by Gasteiger charge is 2.34. The van der Waals surface area contributed by atoms with Gasteiger partial charge in [0.2, 0.25) is 9.70 Å². The predicted molar refractivity (Wildman–Crippen MR) is 132 cm³/mol. The van der Waals surface area contributed by atoms with Crippen LogP contribution >= 0.6 is 34.8 Å². The van der Waals surface area contributed by atoms with Crippen LogP contribution in [-0.2, 0) is 4.79 Å². The van der Waals surface area contributed by atoms with Crippen molar-refractivity contribution in [3.8, 4) is 0 Å². The van der Waals surface area contributed by atoms with E-state index in [4.69, 9.17) is 34.8 Å². The lowest BCUT2D eigenvalue weighted by atomic mass is 10.1. The Kier molecular flexibility index (Phi) is 11.1. The van der Waals surface area contributed by atoms with E-state index in [1.165, 1.54) is 44.9 Å². The highest BCUT2D eigenvalue weighted by atomic mass is 35.6. The van der Waals surface area contributed by atoms with E-state index in [0.717, 1.165) is 29.3 Å². The average molecular weight is 472 g/mol. The second kappa shape index (κ2) is 13.3. The highest BCUT2D eigenvalue weighted by molar-refractivity contribution is 6.68. The van der Waals surface area contributed by atoms with Gasteiger partial charge in [0.1, 0.15) is 6.17 Å². The monoisotopic (exact) mass is 470 g/mol. The molecule has 1 atom stereocenters. The summed E-state index contributed by atoms with van der Waals surface area (Å²) in [4.78, 5) is 12.4. The van der Waals surface area contributed by atoms with Crippen LogP contribution in [0.3, 0.4) is 0 Å². The van der Waals surface area contributed by atoms with Gasteiger partial charge in [-0.3, -0.25) is 4.79 Å². The maximum Gasteiger partial charge on any atom is 0.228 e. The maximum absolute atomic E-state index is 12.4. The molecule has 0 heterocycles. The number of alkyl halides is 3. The minimum Gasteiger partial charge on any atom is -0.361 e. The normalized spacial score (nSPS) is 12.7. The fourth-order valence-electron chi connectivity index (χ4n) is 3.54. The Bertz CT molecular complexity index is 771. The Balaban J connectivity index is 1.80. The van der Waals surface area contributed by atoms with Crippen LogP contribution in [-0.4, -0.2) is 15.9 Å². The summed E-state index contributed by atoms with van der Waals surface area (Å²) in [6.45, 7) is 2.23. The number of amides is 1. The number of hydrogen-bond donors (Lipinski definition) is 2. The molecule has 3 nitrogen and oxygen atoms in total. The van der Waals surface area contributed by atoms with Crippen molar-refractivity contribution >= 4 is 57.2 Å². The molecule has 0 aliphatic carbocycles. The van der Waals surface area contributed by atoms with E-state index in [0.29, 0.717) is 6.42 Å². The maximum atomic E-state index is 12.4. The van der Waals surface area contributed by atoms with Crippen molar-refractivity contribution < 1.29 is 4.79 Å². The fraction of sp³-hybridized carbons (Fsp3) is 0.542. The summed E-state index contributed by atoms with van der Waals surface area (Å²) in [5.41, 5.74) is 0.813. The van der Waals surface area contributed by atoms with Gasteiger partial charge in [-0.2, -0.15) is 0 Å². The number of anilines is 1. The molecule has 2 aromatic rings. The molecule has 6 heteroatoms. The SMILES string of the molecule is CCCCCCCCCCCC(=O)N[C@H](Nc1cccc2ccccc12)C(Cl)(Cl)Cl. The fourth-order valence-corrected chi connectivity index (χ4v) is 3.86. The lowest BCUT2D eigenvalue weighted by Gasteiger charge is -2.28. The average Bonchev–Trinajstić information content (AvgIpc) is 2.71. The third-order valence-corrected chi connectivity index (χ3v) is 5.88. The molecule has 0 saturated heterocycles. The second-order valence-electron chi connectivity index (χ2n) is 7.79. The van der Waals surface area contributed by atoms with E-state index < -0.39 is 9.96 Å². The van der Waals surface area contributed by atoms with Gasteiger partial charge in [-0.25, -0.2) is 0 Å². The van der Waals surface area contributed by atoms with Crippen LogP contribution in [0.2, 0.25) is 0 Å². The van der Waals surface area contributed by atoms with E-state index in [-0.39, 0.29) is 5.91 Å². The van der Waals surface area contributed by atoms with Gasteiger partial charge in [0.05, 0.1) is 0 Å². The molecule has 0 saturated carbocycles. The molecular formula is C24H33Cl3N2O. The highest BCUT2D eigenvalue weighted by Crippen LogP contribution is 2.33. The lowest BCUT2D eigenvalue weighted by Crippen LogP contribution is -2.49. The number of hydrogen-bond acceptors (Lipinski definition) is 2. The molecule has 1 amide bonds. The van der Waals surface area contributed by atoms with Crippen LogP contribution in [0, 0.1) is 0 Å². The molecule has 0 aliphatic rings.